The smallest absolute Gasteiger partial charge is 0.269 e. The van der Waals surface area contributed by atoms with E-state index < -0.39 is 0 Å². The van der Waals surface area contributed by atoms with Gasteiger partial charge in [0.2, 0.25) is 0 Å². The molecule has 1 aliphatic heterocycles. The molecule has 21 heavy (non-hydrogen) atoms. The molecule has 3 rings (SSSR count). The molecule has 2 aromatic rings. The van der Waals surface area contributed by atoms with Gasteiger partial charge in [-0.05, 0) is 33.8 Å². The monoisotopic (exact) mass is 370 g/mol. The Morgan fingerprint density at radius 3 is 2.95 bits per heavy atom. The standard InChI is InChI=1S/C14H19BrN4OS/c1-2-3-11(19-7-5-16-6-8-19)13-17-14(20-18-13)12-10(15)4-9-21-12/h4,9,11,16H,2-3,5-8H2,1H3. The topological polar surface area (TPSA) is 54.2 Å². The fourth-order valence-corrected chi connectivity index (χ4v) is 4.11. The first kappa shape index (κ1) is 15.1. The van der Waals surface area contributed by atoms with Crippen LogP contribution < -0.4 is 5.32 Å². The summed E-state index contributed by atoms with van der Waals surface area (Å²) in [6, 6.07) is 2.26. The molecule has 1 atom stereocenters. The highest BCUT2D eigenvalue weighted by atomic mass is 79.9. The zero-order valence-corrected chi connectivity index (χ0v) is 14.4. The molecule has 3 heterocycles. The number of nitrogens with one attached hydrogen (secondary N) is 1. The van der Waals surface area contributed by atoms with Crippen LogP contribution in [0.15, 0.2) is 20.4 Å². The highest BCUT2D eigenvalue weighted by molar-refractivity contribution is 9.10. The molecule has 0 saturated carbocycles. The highest BCUT2D eigenvalue weighted by Gasteiger charge is 2.26. The molecule has 0 radical (unpaired) electrons. The van der Waals surface area contributed by atoms with Crippen molar-refractivity contribution in [1.29, 1.82) is 0 Å². The van der Waals surface area contributed by atoms with Gasteiger partial charge in [0, 0.05) is 30.7 Å². The van der Waals surface area contributed by atoms with Crippen molar-refractivity contribution in [2.45, 2.75) is 25.8 Å². The first-order chi connectivity index (χ1) is 10.3. The van der Waals surface area contributed by atoms with E-state index in [9.17, 15) is 0 Å². The number of hydrogen-bond acceptors (Lipinski definition) is 6. The molecule has 0 bridgehead atoms. The van der Waals surface area contributed by atoms with E-state index in [-0.39, 0.29) is 6.04 Å². The third kappa shape index (κ3) is 3.36. The van der Waals surface area contributed by atoms with E-state index in [4.69, 9.17) is 4.52 Å². The number of halogens is 1. The normalized spacial score (nSPS) is 18.0. The maximum Gasteiger partial charge on any atom is 0.269 e. The maximum atomic E-state index is 5.48. The summed E-state index contributed by atoms with van der Waals surface area (Å²) in [7, 11) is 0. The van der Waals surface area contributed by atoms with E-state index in [0.29, 0.717) is 5.89 Å². The van der Waals surface area contributed by atoms with Gasteiger partial charge in [-0.15, -0.1) is 11.3 Å². The molecule has 1 saturated heterocycles. The molecule has 2 aromatic heterocycles. The minimum absolute atomic E-state index is 0.258. The van der Waals surface area contributed by atoms with Crippen LogP contribution in [-0.2, 0) is 0 Å². The number of aromatic nitrogens is 2. The van der Waals surface area contributed by atoms with Crippen molar-refractivity contribution in [3.8, 4) is 10.8 Å². The molecule has 114 valence electrons. The summed E-state index contributed by atoms with van der Waals surface area (Å²) in [5.41, 5.74) is 0. The Morgan fingerprint density at radius 2 is 2.29 bits per heavy atom. The summed E-state index contributed by atoms with van der Waals surface area (Å²) in [4.78, 5) is 8.11. The van der Waals surface area contributed by atoms with E-state index in [2.05, 4.69) is 43.2 Å². The first-order valence-electron chi connectivity index (χ1n) is 7.31. The van der Waals surface area contributed by atoms with E-state index in [1.807, 2.05) is 11.4 Å². The third-order valence-corrected chi connectivity index (χ3v) is 5.53. The van der Waals surface area contributed by atoms with Gasteiger partial charge in [-0.25, -0.2) is 0 Å². The van der Waals surface area contributed by atoms with Gasteiger partial charge in [-0.3, -0.25) is 4.90 Å². The van der Waals surface area contributed by atoms with Gasteiger partial charge in [0.25, 0.3) is 5.89 Å². The lowest BCUT2D eigenvalue weighted by Crippen LogP contribution is -2.45. The lowest BCUT2D eigenvalue weighted by atomic mass is 10.1. The predicted molar refractivity (Wildman–Crippen MR) is 87.4 cm³/mol. The van der Waals surface area contributed by atoms with Crippen LogP contribution in [0, 0.1) is 0 Å². The van der Waals surface area contributed by atoms with Gasteiger partial charge in [0.05, 0.1) is 6.04 Å². The third-order valence-electron chi connectivity index (χ3n) is 3.71. The Balaban J connectivity index is 1.83. The predicted octanol–water partition coefficient (Wildman–Crippen LogP) is 3.31. The summed E-state index contributed by atoms with van der Waals surface area (Å²) in [5, 5.41) is 9.65. The summed E-state index contributed by atoms with van der Waals surface area (Å²) >= 11 is 5.13. The van der Waals surface area contributed by atoms with E-state index >= 15 is 0 Å². The SMILES string of the molecule is CCCC(c1noc(-c2sccc2Br)n1)N1CCNCC1. The summed E-state index contributed by atoms with van der Waals surface area (Å²) in [6.07, 6.45) is 2.17. The lowest BCUT2D eigenvalue weighted by molar-refractivity contribution is 0.155. The van der Waals surface area contributed by atoms with Crippen molar-refractivity contribution in [3.05, 3.63) is 21.7 Å². The van der Waals surface area contributed by atoms with Crippen LogP contribution in [0.3, 0.4) is 0 Å². The van der Waals surface area contributed by atoms with E-state index in [1.54, 1.807) is 11.3 Å². The molecule has 1 fully saturated rings. The van der Waals surface area contributed by atoms with Crippen molar-refractivity contribution in [3.63, 3.8) is 0 Å². The summed E-state index contributed by atoms with van der Waals surface area (Å²) in [5.74, 6) is 1.43. The molecule has 5 nitrogen and oxygen atoms in total. The molecule has 0 aromatic carbocycles. The average molecular weight is 371 g/mol. The van der Waals surface area contributed by atoms with Crippen molar-refractivity contribution >= 4 is 27.3 Å². The number of piperazine rings is 1. The van der Waals surface area contributed by atoms with Crippen LogP contribution in [0.5, 0.6) is 0 Å². The number of rotatable bonds is 5. The van der Waals surface area contributed by atoms with Gasteiger partial charge in [0.1, 0.15) is 4.88 Å². The quantitative estimate of drug-likeness (QED) is 0.874. The van der Waals surface area contributed by atoms with Crippen molar-refractivity contribution in [1.82, 2.24) is 20.4 Å². The Hall–Kier alpha value is -0.760. The van der Waals surface area contributed by atoms with Gasteiger partial charge < -0.3 is 9.84 Å². The molecule has 0 aliphatic carbocycles. The summed E-state index contributed by atoms with van der Waals surface area (Å²) < 4.78 is 6.50. The second kappa shape index (κ2) is 7.00. The summed E-state index contributed by atoms with van der Waals surface area (Å²) in [6.45, 7) is 6.34. The lowest BCUT2D eigenvalue weighted by Gasteiger charge is -2.33. The first-order valence-corrected chi connectivity index (χ1v) is 8.98. The molecule has 7 heteroatoms. The number of hydrogen-bond donors (Lipinski definition) is 1. The maximum absolute atomic E-state index is 5.48. The molecule has 1 aliphatic rings. The fourth-order valence-electron chi connectivity index (χ4n) is 2.65. The largest absolute Gasteiger partial charge is 0.333 e. The van der Waals surface area contributed by atoms with Gasteiger partial charge in [0.15, 0.2) is 5.82 Å². The number of thiophene rings is 1. The molecular formula is C14H19BrN4OS. The van der Waals surface area contributed by atoms with Crippen LogP contribution in [0.1, 0.15) is 31.6 Å². The molecule has 1 unspecified atom stereocenters. The van der Waals surface area contributed by atoms with Crippen molar-refractivity contribution in [2.75, 3.05) is 26.2 Å². The molecule has 1 N–H and O–H groups in total. The van der Waals surface area contributed by atoms with Crippen molar-refractivity contribution in [2.24, 2.45) is 0 Å². The Bertz CT molecular complexity index is 579. The van der Waals surface area contributed by atoms with Crippen LogP contribution in [0.4, 0.5) is 0 Å². The minimum Gasteiger partial charge on any atom is -0.333 e. The van der Waals surface area contributed by atoms with Gasteiger partial charge in [-0.2, -0.15) is 4.98 Å². The van der Waals surface area contributed by atoms with E-state index in [0.717, 1.165) is 54.2 Å². The van der Waals surface area contributed by atoms with Crippen molar-refractivity contribution < 1.29 is 4.52 Å². The van der Waals surface area contributed by atoms with Gasteiger partial charge >= 0.3 is 0 Å². The van der Waals surface area contributed by atoms with E-state index in [1.165, 1.54) is 0 Å². The Kier molecular flexibility index (Phi) is 5.05. The zero-order valence-electron chi connectivity index (χ0n) is 12.0. The van der Waals surface area contributed by atoms with Crippen LogP contribution >= 0.6 is 27.3 Å². The second-order valence-corrected chi connectivity index (χ2v) is 6.92. The van der Waals surface area contributed by atoms with Crippen LogP contribution in [0.2, 0.25) is 0 Å². The van der Waals surface area contributed by atoms with Crippen LogP contribution in [-0.4, -0.2) is 41.2 Å². The molecule has 0 amide bonds. The average Bonchev–Trinajstić information content (AvgIpc) is 3.14. The highest BCUT2D eigenvalue weighted by Crippen LogP contribution is 2.33. The van der Waals surface area contributed by atoms with Crippen LogP contribution in [0.25, 0.3) is 10.8 Å². The second-order valence-electron chi connectivity index (χ2n) is 5.15. The molecular weight excluding hydrogens is 352 g/mol. The molecule has 0 spiro atoms. The Morgan fingerprint density at radius 1 is 1.48 bits per heavy atom. The fraction of sp³-hybridized carbons (Fsp3) is 0.571. The number of nitrogens with zero attached hydrogens (tertiary/aromatic N) is 3. The Labute approximate surface area is 136 Å². The zero-order chi connectivity index (χ0) is 14.7. The van der Waals surface area contributed by atoms with Gasteiger partial charge in [-0.1, -0.05) is 18.5 Å². The minimum atomic E-state index is 0.258.